The molecular formula is C19H26ClIN4. The molecule has 1 atom stereocenters. The molecule has 4 nitrogen and oxygen atoms in total. The van der Waals surface area contributed by atoms with Crippen molar-refractivity contribution in [3.05, 3.63) is 64.9 Å². The maximum absolute atomic E-state index is 5.80. The molecule has 0 aliphatic carbocycles. The smallest absolute Gasteiger partial charge is 0.191 e. The van der Waals surface area contributed by atoms with Crippen LogP contribution in [0.15, 0.2) is 53.7 Å². The third kappa shape index (κ3) is 7.61. The molecule has 0 spiro atoms. The lowest BCUT2D eigenvalue weighted by Gasteiger charge is -2.18. The molecule has 0 fully saturated rings. The summed E-state index contributed by atoms with van der Waals surface area (Å²) in [7, 11) is 1.79. The molecule has 1 aromatic carbocycles. The molecule has 136 valence electrons. The second kappa shape index (κ2) is 12.1. The van der Waals surface area contributed by atoms with Crippen LogP contribution in [0.2, 0.25) is 5.15 Å². The Morgan fingerprint density at radius 1 is 1.16 bits per heavy atom. The van der Waals surface area contributed by atoms with Crippen LogP contribution in [0, 0.1) is 0 Å². The number of guanidine groups is 1. The largest absolute Gasteiger partial charge is 0.356 e. The van der Waals surface area contributed by atoms with E-state index in [1.54, 1.807) is 7.05 Å². The van der Waals surface area contributed by atoms with Gasteiger partial charge in [-0.25, -0.2) is 4.98 Å². The van der Waals surface area contributed by atoms with Crippen molar-refractivity contribution >= 4 is 41.5 Å². The van der Waals surface area contributed by atoms with Crippen LogP contribution in [-0.4, -0.2) is 31.1 Å². The van der Waals surface area contributed by atoms with Crippen LogP contribution in [0.1, 0.15) is 30.4 Å². The fraction of sp³-hybridized carbons (Fsp3) is 0.368. The third-order valence-electron chi connectivity index (χ3n) is 4.00. The first-order valence-corrected chi connectivity index (χ1v) is 8.70. The van der Waals surface area contributed by atoms with Gasteiger partial charge in [0.1, 0.15) is 5.15 Å². The van der Waals surface area contributed by atoms with Crippen molar-refractivity contribution in [3.63, 3.8) is 0 Å². The fourth-order valence-electron chi connectivity index (χ4n) is 2.54. The molecule has 2 N–H and O–H groups in total. The lowest BCUT2D eigenvalue weighted by Crippen LogP contribution is -2.40. The molecule has 0 bridgehead atoms. The van der Waals surface area contributed by atoms with E-state index in [2.05, 4.69) is 57.9 Å². The van der Waals surface area contributed by atoms with E-state index >= 15 is 0 Å². The summed E-state index contributed by atoms with van der Waals surface area (Å²) in [6, 6.07) is 14.4. The molecule has 0 aliphatic rings. The molecule has 25 heavy (non-hydrogen) atoms. The van der Waals surface area contributed by atoms with Gasteiger partial charge in [0.05, 0.1) is 0 Å². The minimum Gasteiger partial charge on any atom is -0.356 e. The van der Waals surface area contributed by atoms with E-state index in [9.17, 15) is 0 Å². The molecule has 2 rings (SSSR count). The lowest BCUT2D eigenvalue weighted by atomic mass is 9.97. The predicted octanol–water partition coefficient (Wildman–Crippen LogP) is 4.25. The van der Waals surface area contributed by atoms with E-state index in [-0.39, 0.29) is 24.0 Å². The number of pyridine rings is 1. The van der Waals surface area contributed by atoms with E-state index in [4.69, 9.17) is 11.6 Å². The van der Waals surface area contributed by atoms with Gasteiger partial charge in [-0.2, -0.15) is 0 Å². The zero-order chi connectivity index (χ0) is 17.2. The molecule has 0 radical (unpaired) electrons. The number of hydrogen-bond donors (Lipinski definition) is 2. The number of benzene rings is 1. The Balaban J connectivity index is 0.00000312. The highest BCUT2D eigenvalue weighted by Gasteiger charge is 2.09. The van der Waals surface area contributed by atoms with Crippen molar-refractivity contribution in [3.8, 4) is 0 Å². The number of aliphatic imine (C=N–C) groups is 1. The molecule has 0 aliphatic heterocycles. The van der Waals surface area contributed by atoms with Crippen LogP contribution in [-0.2, 0) is 6.42 Å². The summed E-state index contributed by atoms with van der Waals surface area (Å²) in [5.41, 5.74) is 2.51. The molecule has 0 amide bonds. The zero-order valence-electron chi connectivity index (χ0n) is 14.7. The van der Waals surface area contributed by atoms with Gasteiger partial charge in [0.15, 0.2) is 5.96 Å². The van der Waals surface area contributed by atoms with Gasteiger partial charge in [0, 0.05) is 32.3 Å². The summed E-state index contributed by atoms with van der Waals surface area (Å²) in [4.78, 5) is 8.38. The lowest BCUT2D eigenvalue weighted by molar-refractivity contribution is 0.629. The minimum absolute atomic E-state index is 0. The van der Waals surface area contributed by atoms with Gasteiger partial charge >= 0.3 is 0 Å². The fourth-order valence-corrected chi connectivity index (χ4v) is 2.65. The number of halogens is 2. The number of nitrogens with one attached hydrogen (secondary N) is 2. The van der Waals surface area contributed by atoms with Crippen LogP contribution in [0.3, 0.4) is 0 Å². The van der Waals surface area contributed by atoms with Crippen LogP contribution >= 0.6 is 35.6 Å². The van der Waals surface area contributed by atoms with E-state index < -0.39 is 0 Å². The Labute approximate surface area is 172 Å². The number of aromatic nitrogens is 1. The van der Waals surface area contributed by atoms with Gasteiger partial charge in [-0.3, -0.25) is 4.99 Å². The first-order valence-electron chi connectivity index (χ1n) is 8.32. The number of hydrogen-bond acceptors (Lipinski definition) is 2. The molecule has 6 heteroatoms. The monoisotopic (exact) mass is 472 g/mol. The SMILES string of the molecule is CCC(CNC(=NC)NCCc1ccc(Cl)nc1)c1ccccc1.I. The minimum atomic E-state index is 0. The Morgan fingerprint density at radius 3 is 2.52 bits per heavy atom. The Morgan fingerprint density at radius 2 is 1.92 bits per heavy atom. The van der Waals surface area contributed by atoms with Crippen molar-refractivity contribution < 1.29 is 0 Å². The van der Waals surface area contributed by atoms with Crippen LogP contribution < -0.4 is 10.6 Å². The highest BCUT2D eigenvalue weighted by Crippen LogP contribution is 2.17. The summed E-state index contributed by atoms with van der Waals surface area (Å²) in [5, 5.41) is 7.28. The highest BCUT2D eigenvalue weighted by atomic mass is 127. The van der Waals surface area contributed by atoms with Crippen molar-refractivity contribution in [1.29, 1.82) is 0 Å². The predicted molar refractivity (Wildman–Crippen MR) is 117 cm³/mol. The van der Waals surface area contributed by atoms with E-state index in [1.165, 1.54) is 5.56 Å². The summed E-state index contributed by atoms with van der Waals surface area (Å²) >= 11 is 5.80. The van der Waals surface area contributed by atoms with Gasteiger partial charge in [-0.05, 0) is 30.0 Å². The quantitative estimate of drug-likeness (QED) is 0.274. The topological polar surface area (TPSA) is 49.3 Å². The maximum atomic E-state index is 5.80. The maximum Gasteiger partial charge on any atom is 0.191 e. The van der Waals surface area contributed by atoms with Crippen molar-refractivity contribution in [2.45, 2.75) is 25.7 Å². The standard InChI is InChI=1S/C19H25ClN4.HI/c1-3-16(17-7-5-4-6-8-17)14-24-19(21-2)22-12-11-15-9-10-18(20)23-13-15;/h4-10,13,16H,3,11-12,14H2,1-2H3,(H2,21,22,24);1H. The van der Waals surface area contributed by atoms with Crippen molar-refractivity contribution in [1.82, 2.24) is 15.6 Å². The summed E-state index contributed by atoms with van der Waals surface area (Å²) < 4.78 is 0. The van der Waals surface area contributed by atoms with Gasteiger partial charge in [-0.15, -0.1) is 24.0 Å². The summed E-state index contributed by atoms with van der Waals surface area (Å²) in [6.45, 7) is 3.87. The Bertz CT molecular complexity index is 632. The van der Waals surface area contributed by atoms with Gasteiger partial charge < -0.3 is 10.6 Å². The average Bonchev–Trinajstić information content (AvgIpc) is 2.63. The van der Waals surface area contributed by atoms with E-state index in [0.29, 0.717) is 11.1 Å². The number of rotatable bonds is 7. The second-order valence-corrected chi connectivity index (χ2v) is 6.02. The molecule has 1 unspecified atom stereocenters. The molecule has 2 aromatic rings. The third-order valence-corrected chi connectivity index (χ3v) is 4.22. The second-order valence-electron chi connectivity index (χ2n) is 5.63. The van der Waals surface area contributed by atoms with Crippen LogP contribution in [0.5, 0.6) is 0 Å². The van der Waals surface area contributed by atoms with Gasteiger partial charge in [-0.1, -0.05) is 54.9 Å². The molecule has 0 saturated heterocycles. The molecule has 0 saturated carbocycles. The average molecular weight is 473 g/mol. The van der Waals surface area contributed by atoms with Crippen molar-refractivity contribution in [2.75, 3.05) is 20.1 Å². The van der Waals surface area contributed by atoms with Gasteiger partial charge in [0.25, 0.3) is 0 Å². The van der Waals surface area contributed by atoms with Crippen LogP contribution in [0.4, 0.5) is 0 Å². The molecule has 1 heterocycles. The summed E-state index contributed by atoms with van der Waals surface area (Å²) in [6.07, 6.45) is 3.77. The van der Waals surface area contributed by atoms with Gasteiger partial charge in [0.2, 0.25) is 0 Å². The highest BCUT2D eigenvalue weighted by molar-refractivity contribution is 14.0. The van der Waals surface area contributed by atoms with Crippen molar-refractivity contribution in [2.24, 2.45) is 4.99 Å². The first-order chi connectivity index (χ1) is 11.7. The van der Waals surface area contributed by atoms with E-state index in [1.807, 2.05) is 18.3 Å². The van der Waals surface area contributed by atoms with E-state index in [0.717, 1.165) is 37.5 Å². The first kappa shape index (κ1) is 21.7. The van der Waals surface area contributed by atoms with Crippen LogP contribution in [0.25, 0.3) is 0 Å². The number of nitrogens with zero attached hydrogens (tertiary/aromatic N) is 2. The Kier molecular flexibility index (Phi) is 10.5. The Hall–Kier alpha value is -1.34. The zero-order valence-corrected chi connectivity index (χ0v) is 17.8. The molecule has 1 aromatic heterocycles. The molecular weight excluding hydrogens is 447 g/mol. The normalized spacial score (nSPS) is 12.2. The summed E-state index contributed by atoms with van der Waals surface area (Å²) in [5.74, 6) is 1.30.